The van der Waals surface area contributed by atoms with Gasteiger partial charge in [-0.25, -0.2) is 8.42 Å². The minimum atomic E-state index is -3.97. The highest BCUT2D eigenvalue weighted by atomic mass is 32.2. The van der Waals surface area contributed by atoms with Gasteiger partial charge in [0.15, 0.2) is 0 Å². The molecule has 1 amide bonds. The standard InChI is InChI=1S/C24H26N2O4S2/c1-4-31-23-8-6-5-7-22(23)25-24(27)17-26(19-11-13-20(30-3)14-12-19)32(28,29)21-15-9-18(2)10-16-21/h5-16H,4,17H2,1-3H3,(H,25,27). The van der Waals surface area contributed by atoms with E-state index in [9.17, 15) is 13.2 Å². The molecule has 0 unspecified atom stereocenters. The highest BCUT2D eigenvalue weighted by Gasteiger charge is 2.27. The monoisotopic (exact) mass is 470 g/mol. The van der Waals surface area contributed by atoms with Crippen LogP contribution in [0.4, 0.5) is 11.4 Å². The Bertz CT molecular complexity index is 1160. The molecule has 32 heavy (non-hydrogen) atoms. The summed E-state index contributed by atoms with van der Waals surface area (Å²) in [5, 5.41) is 2.86. The third-order valence-corrected chi connectivity index (χ3v) is 7.46. The Morgan fingerprint density at radius 1 is 1.00 bits per heavy atom. The number of nitrogens with zero attached hydrogens (tertiary/aromatic N) is 1. The number of rotatable bonds is 9. The maximum atomic E-state index is 13.5. The average molecular weight is 471 g/mol. The van der Waals surface area contributed by atoms with Crippen molar-refractivity contribution in [3.8, 4) is 5.75 Å². The molecule has 168 valence electrons. The number of thioether (sulfide) groups is 1. The summed E-state index contributed by atoms with van der Waals surface area (Å²) in [5.74, 6) is 1.02. The number of ether oxygens (including phenoxy) is 1. The first-order chi connectivity index (χ1) is 15.3. The van der Waals surface area contributed by atoms with Gasteiger partial charge in [0.1, 0.15) is 12.3 Å². The zero-order valence-electron chi connectivity index (χ0n) is 18.2. The van der Waals surface area contributed by atoms with E-state index >= 15 is 0 Å². The first-order valence-electron chi connectivity index (χ1n) is 10.1. The van der Waals surface area contributed by atoms with Crippen LogP contribution in [0.3, 0.4) is 0 Å². The minimum absolute atomic E-state index is 0.119. The number of hydrogen-bond donors (Lipinski definition) is 1. The lowest BCUT2D eigenvalue weighted by molar-refractivity contribution is -0.114. The lowest BCUT2D eigenvalue weighted by Crippen LogP contribution is -2.38. The molecule has 6 nitrogen and oxygen atoms in total. The van der Waals surface area contributed by atoms with Crippen molar-refractivity contribution in [2.24, 2.45) is 0 Å². The van der Waals surface area contributed by atoms with Gasteiger partial charge < -0.3 is 10.1 Å². The number of methoxy groups -OCH3 is 1. The number of carbonyl (C=O) groups excluding carboxylic acids is 1. The van der Waals surface area contributed by atoms with Gasteiger partial charge in [0.2, 0.25) is 5.91 Å². The number of aryl methyl sites for hydroxylation is 1. The Hall–Kier alpha value is -2.97. The summed E-state index contributed by atoms with van der Waals surface area (Å²) in [7, 11) is -2.43. The largest absolute Gasteiger partial charge is 0.497 e. The van der Waals surface area contributed by atoms with Gasteiger partial charge in [0.25, 0.3) is 10.0 Å². The van der Waals surface area contributed by atoms with Crippen molar-refractivity contribution in [3.05, 3.63) is 78.4 Å². The number of nitrogens with one attached hydrogen (secondary N) is 1. The third kappa shape index (κ3) is 5.63. The number of hydrogen-bond acceptors (Lipinski definition) is 5. The third-order valence-electron chi connectivity index (χ3n) is 4.72. The summed E-state index contributed by atoms with van der Waals surface area (Å²) in [5.41, 5.74) is 1.98. The van der Waals surface area contributed by atoms with Gasteiger partial charge in [-0.1, -0.05) is 36.8 Å². The Kier molecular flexibility index (Phi) is 7.82. The summed E-state index contributed by atoms with van der Waals surface area (Å²) in [6.45, 7) is 3.55. The molecular weight excluding hydrogens is 444 g/mol. The second-order valence-electron chi connectivity index (χ2n) is 7.00. The summed E-state index contributed by atoms with van der Waals surface area (Å²) in [6.07, 6.45) is 0. The molecule has 1 N–H and O–H groups in total. The predicted molar refractivity (Wildman–Crippen MR) is 130 cm³/mol. The van der Waals surface area contributed by atoms with E-state index in [0.29, 0.717) is 17.1 Å². The van der Waals surface area contributed by atoms with Crippen molar-refractivity contribution < 1.29 is 17.9 Å². The molecule has 8 heteroatoms. The lowest BCUT2D eigenvalue weighted by atomic mass is 10.2. The Balaban J connectivity index is 1.93. The molecule has 0 atom stereocenters. The highest BCUT2D eigenvalue weighted by molar-refractivity contribution is 7.99. The molecule has 3 aromatic carbocycles. The second-order valence-corrected chi connectivity index (χ2v) is 10.2. The summed E-state index contributed by atoms with van der Waals surface area (Å²) in [6, 6.07) is 20.6. The van der Waals surface area contributed by atoms with Gasteiger partial charge in [-0.15, -0.1) is 11.8 Å². The number of carbonyl (C=O) groups is 1. The molecule has 0 radical (unpaired) electrons. The SMILES string of the molecule is CCSc1ccccc1NC(=O)CN(c1ccc(OC)cc1)S(=O)(=O)c1ccc(C)cc1. The van der Waals surface area contributed by atoms with Crippen LogP contribution in [0.2, 0.25) is 0 Å². The maximum absolute atomic E-state index is 13.5. The first-order valence-corrected chi connectivity index (χ1v) is 12.5. The number of sulfonamides is 1. The second kappa shape index (κ2) is 10.6. The Morgan fingerprint density at radius 3 is 2.28 bits per heavy atom. The number of para-hydroxylation sites is 1. The van der Waals surface area contributed by atoms with Gasteiger partial charge in [0, 0.05) is 4.90 Å². The quantitative estimate of drug-likeness (QED) is 0.448. The van der Waals surface area contributed by atoms with Crippen molar-refractivity contribution in [1.82, 2.24) is 0 Å². The molecule has 0 bridgehead atoms. The van der Waals surface area contributed by atoms with Gasteiger partial charge in [-0.3, -0.25) is 9.10 Å². The van der Waals surface area contributed by atoms with Crippen LogP contribution >= 0.6 is 11.8 Å². The minimum Gasteiger partial charge on any atom is -0.497 e. The fraction of sp³-hybridized carbons (Fsp3) is 0.208. The predicted octanol–water partition coefficient (Wildman–Crippen LogP) is 4.95. The van der Waals surface area contributed by atoms with Crippen molar-refractivity contribution in [3.63, 3.8) is 0 Å². The Labute approximate surface area is 193 Å². The molecule has 3 rings (SSSR count). The molecule has 0 saturated carbocycles. The molecule has 0 aliphatic rings. The molecule has 0 aliphatic heterocycles. The van der Waals surface area contributed by atoms with Crippen LogP contribution in [0.5, 0.6) is 5.75 Å². The van der Waals surface area contributed by atoms with Crippen LogP contribution in [-0.2, 0) is 14.8 Å². The summed E-state index contributed by atoms with van der Waals surface area (Å²) >= 11 is 1.61. The van der Waals surface area contributed by atoms with E-state index in [-0.39, 0.29) is 11.4 Å². The molecule has 0 saturated heterocycles. The molecule has 0 fully saturated rings. The van der Waals surface area contributed by atoms with E-state index in [1.165, 1.54) is 7.11 Å². The van der Waals surface area contributed by atoms with Crippen LogP contribution in [0, 0.1) is 6.92 Å². The number of amides is 1. The van der Waals surface area contributed by atoms with Crippen molar-refractivity contribution >= 4 is 39.1 Å². The number of benzene rings is 3. The van der Waals surface area contributed by atoms with E-state index in [1.54, 1.807) is 60.3 Å². The average Bonchev–Trinajstić information content (AvgIpc) is 2.79. The smallest absolute Gasteiger partial charge is 0.264 e. The van der Waals surface area contributed by atoms with E-state index in [4.69, 9.17) is 4.74 Å². The van der Waals surface area contributed by atoms with Crippen LogP contribution < -0.4 is 14.4 Å². The summed E-state index contributed by atoms with van der Waals surface area (Å²) in [4.78, 5) is 14.0. The van der Waals surface area contributed by atoms with Gasteiger partial charge in [-0.2, -0.15) is 0 Å². The van der Waals surface area contributed by atoms with Gasteiger partial charge in [-0.05, 0) is 61.2 Å². The normalized spacial score (nSPS) is 11.1. The van der Waals surface area contributed by atoms with Crippen molar-refractivity contribution in [2.75, 3.05) is 29.0 Å². The van der Waals surface area contributed by atoms with Crippen LogP contribution in [0.25, 0.3) is 0 Å². The maximum Gasteiger partial charge on any atom is 0.264 e. The van der Waals surface area contributed by atoms with Crippen LogP contribution in [0.1, 0.15) is 12.5 Å². The van der Waals surface area contributed by atoms with E-state index in [1.807, 2.05) is 38.1 Å². The van der Waals surface area contributed by atoms with Gasteiger partial charge >= 0.3 is 0 Å². The fourth-order valence-corrected chi connectivity index (χ4v) is 5.25. The molecule has 0 aliphatic carbocycles. The van der Waals surface area contributed by atoms with Crippen LogP contribution in [-0.4, -0.2) is 33.7 Å². The lowest BCUT2D eigenvalue weighted by Gasteiger charge is -2.24. The topological polar surface area (TPSA) is 75.7 Å². The molecule has 0 aromatic heterocycles. The zero-order chi connectivity index (χ0) is 23.1. The number of anilines is 2. The van der Waals surface area contributed by atoms with Crippen molar-refractivity contribution in [2.45, 2.75) is 23.6 Å². The first kappa shape index (κ1) is 23.7. The fourth-order valence-electron chi connectivity index (χ4n) is 3.07. The molecule has 0 heterocycles. The van der Waals surface area contributed by atoms with Crippen LogP contribution in [0.15, 0.2) is 82.6 Å². The van der Waals surface area contributed by atoms with E-state index in [2.05, 4.69) is 5.32 Å². The molecule has 3 aromatic rings. The molecule has 0 spiro atoms. The zero-order valence-corrected chi connectivity index (χ0v) is 19.9. The van der Waals surface area contributed by atoms with E-state index in [0.717, 1.165) is 20.5 Å². The van der Waals surface area contributed by atoms with Crippen molar-refractivity contribution in [1.29, 1.82) is 0 Å². The highest BCUT2D eigenvalue weighted by Crippen LogP contribution is 2.28. The van der Waals surface area contributed by atoms with E-state index < -0.39 is 15.9 Å². The molecular formula is C24H26N2O4S2. The summed E-state index contributed by atoms with van der Waals surface area (Å²) < 4.78 is 33.2. The van der Waals surface area contributed by atoms with Gasteiger partial charge in [0.05, 0.1) is 23.4 Å². The Morgan fingerprint density at radius 2 is 1.66 bits per heavy atom.